The minimum Gasteiger partial charge on any atom is -0.487 e. The molecular weight excluding hydrogens is 340 g/mol. The Morgan fingerprint density at radius 3 is 2.19 bits per heavy atom. The molecule has 2 aromatic rings. The lowest BCUT2D eigenvalue weighted by molar-refractivity contribution is 0.103. The van der Waals surface area contributed by atoms with Crippen molar-refractivity contribution in [2.75, 3.05) is 6.26 Å². The zero-order valence-electron chi connectivity index (χ0n) is 16.6. The first-order chi connectivity index (χ1) is 12.3. The molecule has 2 nitrogen and oxygen atoms in total. The maximum absolute atomic E-state index is 12.4. The van der Waals surface area contributed by atoms with Gasteiger partial charge in [-0.05, 0) is 99.5 Å². The van der Waals surface area contributed by atoms with Crippen LogP contribution in [0, 0.1) is 13.8 Å². The van der Waals surface area contributed by atoms with E-state index in [0.29, 0.717) is 5.56 Å². The van der Waals surface area contributed by atoms with Gasteiger partial charge in [0.05, 0.1) is 0 Å². The Kier molecular flexibility index (Phi) is 6.71. The van der Waals surface area contributed by atoms with Crippen LogP contribution >= 0.6 is 11.8 Å². The summed E-state index contributed by atoms with van der Waals surface area (Å²) < 4.78 is 6.19. The van der Waals surface area contributed by atoms with Gasteiger partial charge >= 0.3 is 0 Å². The number of carbonyl (C=O) groups is 1. The van der Waals surface area contributed by atoms with Crippen molar-refractivity contribution in [3.05, 3.63) is 64.7 Å². The van der Waals surface area contributed by atoms with Gasteiger partial charge in [0.15, 0.2) is 5.78 Å². The summed E-state index contributed by atoms with van der Waals surface area (Å²) in [6.45, 7) is 10.4. The molecule has 2 aromatic carbocycles. The van der Waals surface area contributed by atoms with Crippen LogP contribution in [0.15, 0.2) is 47.4 Å². The average Bonchev–Trinajstić information content (AvgIpc) is 2.63. The predicted octanol–water partition coefficient (Wildman–Crippen LogP) is 6.49. The van der Waals surface area contributed by atoms with E-state index in [-0.39, 0.29) is 11.4 Å². The van der Waals surface area contributed by atoms with Crippen molar-refractivity contribution in [2.24, 2.45) is 0 Å². The van der Waals surface area contributed by atoms with Crippen LogP contribution < -0.4 is 4.74 Å². The fraction of sp³-hybridized carbons (Fsp3) is 0.348. The van der Waals surface area contributed by atoms with Gasteiger partial charge in [-0.2, -0.15) is 0 Å². The van der Waals surface area contributed by atoms with Gasteiger partial charge in [-0.15, -0.1) is 11.8 Å². The monoisotopic (exact) mass is 368 g/mol. The molecule has 0 atom stereocenters. The van der Waals surface area contributed by atoms with E-state index in [4.69, 9.17) is 4.74 Å². The Bertz CT molecular complexity index is 778. The fourth-order valence-corrected chi connectivity index (χ4v) is 3.02. The summed E-state index contributed by atoms with van der Waals surface area (Å²) in [4.78, 5) is 13.5. The summed E-state index contributed by atoms with van der Waals surface area (Å²) in [6.07, 6.45) is 6.48. The van der Waals surface area contributed by atoms with E-state index in [1.54, 1.807) is 17.8 Å². The van der Waals surface area contributed by atoms with Gasteiger partial charge < -0.3 is 4.74 Å². The molecule has 0 aliphatic carbocycles. The largest absolute Gasteiger partial charge is 0.487 e. The topological polar surface area (TPSA) is 26.3 Å². The van der Waals surface area contributed by atoms with Crippen LogP contribution in [0.25, 0.3) is 6.08 Å². The second-order valence-electron chi connectivity index (χ2n) is 7.13. The van der Waals surface area contributed by atoms with Crippen LogP contribution in [0.3, 0.4) is 0 Å². The van der Waals surface area contributed by atoms with E-state index in [1.165, 1.54) is 0 Å². The number of benzene rings is 2. The quantitative estimate of drug-likeness (QED) is 0.317. The molecule has 0 fully saturated rings. The average molecular weight is 369 g/mol. The molecule has 0 saturated heterocycles. The highest BCUT2D eigenvalue weighted by molar-refractivity contribution is 7.98. The van der Waals surface area contributed by atoms with Gasteiger partial charge in [-0.25, -0.2) is 0 Å². The molecule has 2 rings (SSSR count). The summed E-state index contributed by atoms with van der Waals surface area (Å²) in [6, 6.07) is 11.8. The van der Waals surface area contributed by atoms with Gasteiger partial charge in [0.1, 0.15) is 11.4 Å². The molecule has 0 N–H and O–H groups in total. The molecular formula is C23H28O2S. The van der Waals surface area contributed by atoms with Crippen molar-refractivity contribution in [2.45, 2.75) is 51.5 Å². The van der Waals surface area contributed by atoms with Gasteiger partial charge in [0.25, 0.3) is 0 Å². The van der Waals surface area contributed by atoms with Crippen LogP contribution in [0.5, 0.6) is 5.75 Å². The van der Waals surface area contributed by atoms with Gasteiger partial charge in [0.2, 0.25) is 0 Å². The molecule has 0 aliphatic heterocycles. The number of thioether (sulfide) groups is 1. The Balaban J connectivity index is 2.18. The van der Waals surface area contributed by atoms with Crippen molar-refractivity contribution < 1.29 is 9.53 Å². The molecule has 0 unspecified atom stereocenters. The fourth-order valence-electron chi connectivity index (χ4n) is 2.61. The summed E-state index contributed by atoms with van der Waals surface area (Å²) in [5.74, 6) is 0.952. The molecule has 0 aromatic heterocycles. The summed E-state index contributed by atoms with van der Waals surface area (Å²) in [5, 5.41) is 0. The highest BCUT2D eigenvalue weighted by Crippen LogP contribution is 2.30. The van der Waals surface area contributed by atoms with Crippen molar-refractivity contribution in [1.82, 2.24) is 0 Å². The molecule has 0 radical (unpaired) electrons. The van der Waals surface area contributed by atoms with Crippen molar-refractivity contribution in [3.63, 3.8) is 0 Å². The van der Waals surface area contributed by atoms with E-state index in [2.05, 4.69) is 32.9 Å². The van der Waals surface area contributed by atoms with Gasteiger partial charge in [-0.1, -0.05) is 13.0 Å². The number of aryl methyl sites for hydroxylation is 2. The molecule has 0 heterocycles. The zero-order valence-corrected chi connectivity index (χ0v) is 17.4. The van der Waals surface area contributed by atoms with Crippen LogP contribution in [-0.2, 0) is 0 Å². The van der Waals surface area contributed by atoms with E-state index in [1.807, 2.05) is 50.4 Å². The second kappa shape index (κ2) is 8.59. The maximum Gasteiger partial charge on any atom is 0.185 e. The molecule has 138 valence electrons. The number of carbonyl (C=O) groups excluding carboxylic acids is 1. The Hall–Kier alpha value is -2.00. The summed E-state index contributed by atoms with van der Waals surface area (Å²) in [5.41, 5.74) is 3.70. The first-order valence-corrected chi connectivity index (χ1v) is 10.1. The third-order valence-electron chi connectivity index (χ3n) is 4.51. The predicted molar refractivity (Wildman–Crippen MR) is 113 cm³/mol. The Labute approximate surface area is 161 Å². The maximum atomic E-state index is 12.4. The molecule has 0 spiro atoms. The van der Waals surface area contributed by atoms with Gasteiger partial charge in [-0.3, -0.25) is 4.79 Å². The first kappa shape index (κ1) is 20.3. The number of allylic oxidation sites excluding steroid dienone is 1. The molecule has 0 amide bonds. The third kappa shape index (κ3) is 5.25. The first-order valence-electron chi connectivity index (χ1n) is 8.92. The van der Waals surface area contributed by atoms with Crippen molar-refractivity contribution in [1.29, 1.82) is 0 Å². The minimum atomic E-state index is -0.189. The van der Waals surface area contributed by atoms with Crippen LogP contribution in [0.2, 0.25) is 0 Å². The van der Waals surface area contributed by atoms with E-state index in [9.17, 15) is 4.79 Å². The Morgan fingerprint density at radius 1 is 1.12 bits per heavy atom. The lowest BCUT2D eigenvalue weighted by atomic mass is 10.0. The SMILES string of the molecule is CCC(C)(C)Oc1c(C)cc(C=CC(=O)c2ccc(SC)cc2)cc1C. The molecule has 0 bridgehead atoms. The van der Waals surface area contributed by atoms with Crippen molar-refractivity contribution in [3.8, 4) is 5.75 Å². The zero-order chi connectivity index (χ0) is 19.3. The molecule has 0 saturated carbocycles. The molecule has 26 heavy (non-hydrogen) atoms. The normalized spacial score (nSPS) is 11.8. The van der Waals surface area contributed by atoms with E-state index >= 15 is 0 Å². The standard InChI is InChI=1S/C23H28O2S/c1-7-23(4,5)25-22-16(2)14-18(15-17(22)3)8-13-21(24)19-9-11-20(26-6)12-10-19/h8-15H,7H2,1-6H3. The summed E-state index contributed by atoms with van der Waals surface area (Å²) >= 11 is 1.67. The number of hydrogen-bond donors (Lipinski definition) is 0. The molecule has 0 aliphatic rings. The number of hydrogen-bond acceptors (Lipinski definition) is 3. The minimum absolute atomic E-state index is 0.0143. The number of rotatable bonds is 7. The van der Waals surface area contributed by atoms with Crippen LogP contribution in [-0.4, -0.2) is 17.6 Å². The number of ketones is 1. The van der Waals surface area contributed by atoms with E-state index in [0.717, 1.165) is 33.8 Å². The smallest absolute Gasteiger partial charge is 0.185 e. The lowest BCUT2D eigenvalue weighted by Gasteiger charge is -2.27. The highest BCUT2D eigenvalue weighted by atomic mass is 32.2. The third-order valence-corrected chi connectivity index (χ3v) is 5.26. The highest BCUT2D eigenvalue weighted by Gasteiger charge is 2.19. The molecule has 3 heteroatoms. The van der Waals surface area contributed by atoms with Crippen molar-refractivity contribution >= 4 is 23.6 Å². The van der Waals surface area contributed by atoms with E-state index < -0.39 is 0 Å². The van der Waals surface area contributed by atoms with Gasteiger partial charge in [0, 0.05) is 10.5 Å². The second-order valence-corrected chi connectivity index (χ2v) is 8.00. The summed E-state index contributed by atoms with van der Waals surface area (Å²) in [7, 11) is 0. The van der Waals surface area contributed by atoms with Crippen LogP contribution in [0.1, 0.15) is 54.2 Å². The lowest BCUT2D eigenvalue weighted by Crippen LogP contribution is -2.27. The van der Waals surface area contributed by atoms with Crippen LogP contribution in [0.4, 0.5) is 0 Å². The Morgan fingerprint density at radius 2 is 1.69 bits per heavy atom. The number of ether oxygens (including phenoxy) is 1.